The SMILES string of the molecule is CCOC(=O)C(CCC(=O)/C=N/CNC)NC(=O)OC(C)OC(=O)C(C)(C)C. The Hall–Kier alpha value is -2.49. The largest absolute Gasteiger partial charge is 0.464 e. The first kappa shape index (κ1) is 25.5. The van der Waals surface area contributed by atoms with Gasteiger partial charge in [0.2, 0.25) is 6.29 Å². The molecule has 2 N–H and O–H groups in total. The van der Waals surface area contributed by atoms with Gasteiger partial charge >= 0.3 is 18.0 Å². The van der Waals surface area contributed by atoms with Gasteiger partial charge in [0.1, 0.15) is 6.04 Å². The fourth-order valence-corrected chi connectivity index (χ4v) is 1.76. The summed E-state index contributed by atoms with van der Waals surface area (Å²) in [6.07, 6.45) is -0.973. The molecule has 10 heteroatoms. The number of carbonyl (C=O) groups excluding carboxylic acids is 4. The molecule has 0 rings (SSSR count). The molecule has 0 saturated carbocycles. The minimum absolute atomic E-state index is 0.00843. The smallest absolute Gasteiger partial charge is 0.410 e. The van der Waals surface area contributed by atoms with E-state index in [0.29, 0.717) is 6.67 Å². The van der Waals surface area contributed by atoms with Crippen LogP contribution in [0.15, 0.2) is 4.99 Å². The molecule has 0 radical (unpaired) electrons. The Kier molecular flexibility index (Phi) is 11.7. The Bertz CT molecular complexity index is 570. The van der Waals surface area contributed by atoms with Crippen molar-refractivity contribution in [2.45, 2.75) is 59.8 Å². The van der Waals surface area contributed by atoms with Crippen molar-refractivity contribution >= 4 is 30.0 Å². The zero-order valence-electron chi connectivity index (χ0n) is 17.4. The van der Waals surface area contributed by atoms with Crippen molar-refractivity contribution in [2.75, 3.05) is 20.3 Å². The molecule has 0 aromatic heterocycles. The molecule has 0 aliphatic heterocycles. The Morgan fingerprint density at radius 2 is 1.79 bits per heavy atom. The number of ether oxygens (including phenoxy) is 3. The number of aliphatic imine (C=N–C) groups is 1. The van der Waals surface area contributed by atoms with E-state index in [1.807, 2.05) is 0 Å². The molecular formula is C18H31N3O7. The Balaban J connectivity index is 4.73. The van der Waals surface area contributed by atoms with E-state index in [1.54, 1.807) is 34.7 Å². The van der Waals surface area contributed by atoms with Crippen LogP contribution in [0.3, 0.4) is 0 Å². The summed E-state index contributed by atoms with van der Waals surface area (Å²) >= 11 is 0. The highest BCUT2D eigenvalue weighted by Crippen LogP contribution is 2.16. The van der Waals surface area contributed by atoms with E-state index in [9.17, 15) is 19.2 Å². The van der Waals surface area contributed by atoms with Crippen LogP contribution in [-0.2, 0) is 28.6 Å². The van der Waals surface area contributed by atoms with Crippen molar-refractivity contribution in [2.24, 2.45) is 10.4 Å². The Morgan fingerprint density at radius 1 is 1.14 bits per heavy atom. The third-order valence-corrected chi connectivity index (χ3v) is 3.19. The third-order valence-electron chi connectivity index (χ3n) is 3.19. The number of ketones is 1. The van der Waals surface area contributed by atoms with Crippen molar-refractivity contribution in [3.8, 4) is 0 Å². The number of esters is 2. The predicted molar refractivity (Wildman–Crippen MR) is 102 cm³/mol. The van der Waals surface area contributed by atoms with Gasteiger partial charge in [0.25, 0.3) is 0 Å². The van der Waals surface area contributed by atoms with Crippen LogP contribution >= 0.6 is 0 Å². The third kappa shape index (κ3) is 11.3. The first-order valence-electron chi connectivity index (χ1n) is 9.03. The van der Waals surface area contributed by atoms with Gasteiger partial charge in [-0.1, -0.05) is 0 Å². The Morgan fingerprint density at radius 3 is 2.32 bits per heavy atom. The molecule has 0 aromatic rings. The first-order chi connectivity index (χ1) is 13.0. The van der Waals surface area contributed by atoms with E-state index >= 15 is 0 Å². The lowest BCUT2D eigenvalue weighted by atomic mass is 9.97. The number of hydrogen-bond acceptors (Lipinski definition) is 9. The number of amides is 1. The lowest BCUT2D eigenvalue weighted by Gasteiger charge is -2.22. The topological polar surface area (TPSA) is 132 Å². The average Bonchev–Trinajstić information content (AvgIpc) is 2.57. The monoisotopic (exact) mass is 401 g/mol. The van der Waals surface area contributed by atoms with E-state index in [0.717, 1.165) is 6.21 Å². The molecule has 0 spiro atoms. The fraction of sp³-hybridized carbons (Fsp3) is 0.722. The lowest BCUT2D eigenvalue weighted by molar-refractivity contribution is -0.174. The lowest BCUT2D eigenvalue weighted by Crippen LogP contribution is -2.44. The summed E-state index contributed by atoms with van der Waals surface area (Å²) < 4.78 is 14.9. The number of alkyl carbamates (subject to hydrolysis) is 1. The van der Waals surface area contributed by atoms with Gasteiger partial charge in [-0.2, -0.15) is 0 Å². The number of nitrogens with one attached hydrogen (secondary N) is 2. The van der Waals surface area contributed by atoms with Gasteiger partial charge in [0, 0.05) is 13.3 Å². The number of nitrogens with zero attached hydrogens (tertiary/aromatic N) is 1. The van der Waals surface area contributed by atoms with Crippen LogP contribution in [0.1, 0.15) is 47.5 Å². The second-order valence-electron chi connectivity index (χ2n) is 6.91. The second kappa shape index (κ2) is 12.8. The van der Waals surface area contributed by atoms with Crippen LogP contribution in [0.4, 0.5) is 4.79 Å². The van der Waals surface area contributed by atoms with Gasteiger partial charge in [0.05, 0.1) is 24.9 Å². The summed E-state index contributed by atoms with van der Waals surface area (Å²) in [5.41, 5.74) is -0.753. The quantitative estimate of drug-likeness (QED) is 0.300. The molecule has 0 aliphatic rings. The summed E-state index contributed by atoms with van der Waals surface area (Å²) in [5, 5.41) is 5.09. The highest BCUT2D eigenvalue weighted by molar-refractivity contribution is 6.27. The molecule has 10 nitrogen and oxygen atoms in total. The van der Waals surface area contributed by atoms with Crippen molar-refractivity contribution in [3.05, 3.63) is 0 Å². The van der Waals surface area contributed by atoms with Gasteiger partial charge in [0.15, 0.2) is 5.78 Å². The van der Waals surface area contributed by atoms with Crippen LogP contribution in [0.2, 0.25) is 0 Å². The fourth-order valence-electron chi connectivity index (χ4n) is 1.76. The van der Waals surface area contributed by atoms with Crippen molar-refractivity contribution in [1.82, 2.24) is 10.6 Å². The van der Waals surface area contributed by atoms with Gasteiger partial charge < -0.3 is 24.8 Å². The summed E-state index contributed by atoms with van der Waals surface area (Å²) in [4.78, 5) is 51.4. The average molecular weight is 401 g/mol. The number of rotatable bonds is 11. The number of carbonyl (C=O) groups is 4. The summed E-state index contributed by atoms with van der Waals surface area (Å²) in [5.74, 6) is -1.54. The standard InChI is InChI=1S/C18H31N3O7/c1-7-26-15(23)14(9-8-13(22)10-20-11-19-6)21-17(25)28-12(2)27-16(24)18(3,4)5/h10,12,14,19H,7-9,11H2,1-6H3,(H,21,25)/b20-10+. The minimum atomic E-state index is -1.15. The van der Waals surface area contributed by atoms with Crippen LogP contribution in [0.25, 0.3) is 0 Å². The molecular weight excluding hydrogens is 370 g/mol. The normalized spacial score (nSPS) is 13.5. The number of hydrogen-bond donors (Lipinski definition) is 2. The van der Waals surface area contributed by atoms with Crippen molar-refractivity contribution in [3.63, 3.8) is 0 Å². The molecule has 0 aromatic carbocycles. The molecule has 0 aliphatic carbocycles. The first-order valence-corrected chi connectivity index (χ1v) is 9.03. The van der Waals surface area contributed by atoms with Crippen LogP contribution in [0.5, 0.6) is 0 Å². The van der Waals surface area contributed by atoms with Crippen LogP contribution in [-0.4, -0.2) is 62.7 Å². The molecule has 2 atom stereocenters. The Labute approximate surface area is 165 Å². The minimum Gasteiger partial charge on any atom is -0.464 e. The van der Waals surface area contributed by atoms with Crippen LogP contribution in [0, 0.1) is 5.41 Å². The van der Waals surface area contributed by atoms with E-state index < -0.39 is 35.8 Å². The summed E-state index contributed by atoms with van der Waals surface area (Å²) in [7, 11) is 1.69. The maximum atomic E-state index is 12.0. The highest BCUT2D eigenvalue weighted by atomic mass is 16.7. The molecule has 1 amide bonds. The van der Waals surface area contributed by atoms with E-state index in [4.69, 9.17) is 14.2 Å². The van der Waals surface area contributed by atoms with Crippen molar-refractivity contribution in [1.29, 1.82) is 0 Å². The second-order valence-corrected chi connectivity index (χ2v) is 6.91. The van der Waals surface area contributed by atoms with E-state index in [2.05, 4.69) is 15.6 Å². The van der Waals surface area contributed by atoms with E-state index in [-0.39, 0.29) is 25.2 Å². The van der Waals surface area contributed by atoms with Gasteiger partial charge in [-0.15, -0.1) is 0 Å². The molecule has 0 heterocycles. The predicted octanol–water partition coefficient (Wildman–Crippen LogP) is 1.18. The van der Waals surface area contributed by atoms with Crippen molar-refractivity contribution < 1.29 is 33.4 Å². The molecule has 0 bridgehead atoms. The maximum Gasteiger partial charge on any atom is 0.410 e. The molecule has 160 valence electrons. The highest BCUT2D eigenvalue weighted by Gasteiger charge is 2.28. The zero-order chi connectivity index (χ0) is 21.7. The summed E-state index contributed by atoms with van der Waals surface area (Å²) in [6, 6.07) is -1.08. The van der Waals surface area contributed by atoms with Gasteiger partial charge in [-0.05, 0) is 41.2 Å². The number of Topliss-reactive ketones (excluding diaryl/α,β-unsaturated/α-hetero) is 1. The van der Waals surface area contributed by atoms with Crippen LogP contribution < -0.4 is 10.6 Å². The molecule has 28 heavy (non-hydrogen) atoms. The van der Waals surface area contributed by atoms with Gasteiger partial charge in [-0.3, -0.25) is 14.6 Å². The molecule has 0 fully saturated rings. The summed E-state index contributed by atoms with van der Waals surface area (Å²) in [6.45, 7) is 8.40. The molecule has 0 saturated heterocycles. The van der Waals surface area contributed by atoms with Gasteiger partial charge in [-0.25, -0.2) is 9.59 Å². The zero-order valence-corrected chi connectivity index (χ0v) is 17.4. The molecule has 2 unspecified atom stereocenters. The van der Waals surface area contributed by atoms with E-state index in [1.165, 1.54) is 6.92 Å². The maximum absolute atomic E-state index is 12.0.